The lowest BCUT2D eigenvalue weighted by Gasteiger charge is -2.34. The average Bonchev–Trinajstić information content (AvgIpc) is 2.34. The molecule has 0 bridgehead atoms. The van der Waals surface area contributed by atoms with Crippen LogP contribution in [-0.4, -0.2) is 38.0 Å². The average molecular weight is 302 g/mol. The van der Waals surface area contributed by atoms with Crippen LogP contribution in [0.2, 0.25) is 0 Å². The minimum atomic E-state index is -3.68. The highest BCUT2D eigenvalue weighted by molar-refractivity contribution is 7.89. The molecule has 1 saturated heterocycles. The molecule has 112 valence electrons. The number of ether oxygens (including phenoxy) is 1. The quantitative estimate of drug-likeness (QED) is 0.841. The predicted octanol–water partition coefficient (Wildman–Crippen LogP) is 1.51. The smallest absolute Gasteiger partial charge is 0.243 e. The molecule has 2 unspecified atom stereocenters. The monoisotopic (exact) mass is 302 g/mol. The second-order valence-corrected chi connectivity index (χ2v) is 7.16. The van der Waals surface area contributed by atoms with Gasteiger partial charge in [-0.1, -0.05) is 0 Å². The minimum Gasteiger partial charge on any atom is -0.396 e. The Morgan fingerprint density at radius 1 is 1.30 bits per heavy atom. The molecular formula is C13H19FN2O3S. The van der Waals surface area contributed by atoms with Crippen LogP contribution in [0.4, 0.5) is 10.1 Å². The van der Waals surface area contributed by atoms with Crippen molar-refractivity contribution in [3.63, 3.8) is 0 Å². The molecule has 2 atom stereocenters. The zero-order valence-corrected chi connectivity index (χ0v) is 12.6. The number of morpholine rings is 1. The standard InChI is InChI=1S/C13H19FN2O3S/c1-8-4-11(5-12(15)13(8)14)20(17,18)16-6-9(2)19-10(3)7-16/h4-5,9-10H,6-7,15H2,1-3H3. The molecule has 1 aliphatic rings. The fourth-order valence-corrected chi connectivity index (χ4v) is 4.10. The molecule has 1 aliphatic heterocycles. The fraction of sp³-hybridized carbons (Fsp3) is 0.538. The zero-order valence-electron chi connectivity index (χ0n) is 11.8. The number of hydrogen-bond donors (Lipinski definition) is 1. The van der Waals surface area contributed by atoms with Crippen molar-refractivity contribution in [2.75, 3.05) is 18.8 Å². The van der Waals surface area contributed by atoms with Crippen molar-refractivity contribution in [1.29, 1.82) is 0 Å². The molecule has 1 aromatic rings. The highest BCUT2D eigenvalue weighted by atomic mass is 32.2. The van der Waals surface area contributed by atoms with Gasteiger partial charge in [0.1, 0.15) is 5.82 Å². The van der Waals surface area contributed by atoms with E-state index in [1.807, 2.05) is 13.8 Å². The summed E-state index contributed by atoms with van der Waals surface area (Å²) in [6.07, 6.45) is -0.347. The van der Waals surface area contributed by atoms with E-state index in [2.05, 4.69) is 0 Å². The molecule has 2 rings (SSSR count). The first-order chi connectivity index (χ1) is 9.21. The molecule has 0 radical (unpaired) electrons. The first kappa shape index (κ1) is 15.2. The number of aryl methyl sites for hydroxylation is 1. The van der Waals surface area contributed by atoms with Gasteiger partial charge in [-0.3, -0.25) is 0 Å². The van der Waals surface area contributed by atoms with Crippen molar-refractivity contribution in [3.8, 4) is 0 Å². The number of rotatable bonds is 2. The van der Waals surface area contributed by atoms with Crippen molar-refractivity contribution in [2.24, 2.45) is 0 Å². The first-order valence-electron chi connectivity index (χ1n) is 6.43. The van der Waals surface area contributed by atoms with E-state index in [-0.39, 0.29) is 41.4 Å². The van der Waals surface area contributed by atoms with Gasteiger partial charge in [0.25, 0.3) is 0 Å². The van der Waals surface area contributed by atoms with E-state index in [0.717, 1.165) is 0 Å². The lowest BCUT2D eigenvalue weighted by atomic mass is 10.2. The van der Waals surface area contributed by atoms with Gasteiger partial charge < -0.3 is 10.5 Å². The van der Waals surface area contributed by atoms with Crippen LogP contribution in [0, 0.1) is 12.7 Å². The van der Waals surface area contributed by atoms with E-state index in [0.29, 0.717) is 0 Å². The van der Waals surface area contributed by atoms with Gasteiger partial charge in [-0.15, -0.1) is 0 Å². The Balaban J connectivity index is 2.40. The molecule has 1 heterocycles. The molecule has 0 aromatic heterocycles. The van der Waals surface area contributed by atoms with Crippen molar-refractivity contribution < 1.29 is 17.5 Å². The topological polar surface area (TPSA) is 72.6 Å². The summed E-state index contributed by atoms with van der Waals surface area (Å²) in [7, 11) is -3.68. The Kier molecular flexibility index (Phi) is 4.04. The third-order valence-electron chi connectivity index (χ3n) is 3.28. The minimum absolute atomic E-state index is 0.0233. The third kappa shape index (κ3) is 2.79. The molecule has 0 aliphatic carbocycles. The lowest BCUT2D eigenvalue weighted by molar-refractivity contribution is -0.0440. The normalized spacial score (nSPS) is 24.8. The van der Waals surface area contributed by atoms with E-state index in [4.69, 9.17) is 10.5 Å². The van der Waals surface area contributed by atoms with E-state index >= 15 is 0 Å². The number of hydrogen-bond acceptors (Lipinski definition) is 4. The summed E-state index contributed by atoms with van der Waals surface area (Å²) in [5, 5.41) is 0. The maximum absolute atomic E-state index is 13.5. The highest BCUT2D eigenvalue weighted by Gasteiger charge is 2.32. The van der Waals surface area contributed by atoms with Crippen molar-refractivity contribution in [2.45, 2.75) is 37.9 Å². The van der Waals surface area contributed by atoms with Crippen molar-refractivity contribution >= 4 is 15.7 Å². The van der Waals surface area contributed by atoms with Gasteiger partial charge in [0.2, 0.25) is 10.0 Å². The fourth-order valence-electron chi connectivity index (χ4n) is 2.39. The highest BCUT2D eigenvalue weighted by Crippen LogP contribution is 2.25. The molecule has 0 amide bonds. The Morgan fingerprint density at radius 2 is 1.85 bits per heavy atom. The summed E-state index contributed by atoms with van der Waals surface area (Å²) < 4.78 is 45.6. The van der Waals surface area contributed by atoms with Crippen molar-refractivity contribution in [1.82, 2.24) is 4.31 Å². The van der Waals surface area contributed by atoms with Gasteiger partial charge in [0.15, 0.2) is 0 Å². The number of sulfonamides is 1. The number of halogens is 1. The molecule has 0 saturated carbocycles. The number of nitrogen functional groups attached to an aromatic ring is 1. The summed E-state index contributed by atoms with van der Waals surface area (Å²) >= 11 is 0. The number of nitrogens with zero attached hydrogens (tertiary/aromatic N) is 1. The zero-order chi connectivity index (χ0) is 15.1. The Hall–Kier alpha value is -1.18. The molecule has 20 heavy (non-hydrogen) atoms. The van der Waals surface area contributed by atoms with Crippen molar-refractivity contribution in [3.05, 3.63) is 23.5 Å². The molecular weight excluding hydrogens is 283 g/mol. The van der Waals surface area contributed by atoms with Gasteiger partial charge >= 0.3 is 0 Å². The van der Waals surface area contributed by atoms with Gasteiger partial charge in [0.05, 0.1) is 22.8 Å². The molecule has 0 spiro atoms. The van der Waals surface area contributed by atoms with Crippen LogP contribution in [0.25, 0.3) is 0 Å². The second kappa shape index (κ2) is 5.31. The van der Waals surface area contributed by atoms with E-state index in [1.165, 1.54) is 23.4 Å². The number of nitrogens with two attached hydrogens (primary N) is 1. The molecule has 1 aromatic carbocycles. The Bertz CT molecular complexity index is 585. The molecule has 2 N–H and O–H groups in total. The van der Waals surface area contributed by atoms with Crippen LogP contribution in [0.5, 0.6) is 0 Å². The van der Waals surface area contributed by atoms with Gasteiger partial charge in [-0.2, -0.15) is 4.31 Å². The second-order valence-electron chi connectivity index (χ2n) is 5.22. The van der Waals surface area contributed by atoms with E-state index in [9.17, 15) is 12.8 Å². The van der Waals surface area contributed by atoms with Crippen LogP contribution in [0.3, 0.4) is 0 Å². The van der Waals surface area contributed by atoms with Gasteiger partial charge in [0, 0.05) is 13.1 Å². The van der Waals surface area contributed by atoms with Gasteiger partial charge in [-0.25, -0.2) is 12.8 Å². The van der Waals surface area contributed by atoms with Crippen LogP contribution in [-0.2, 0) is 14.8 Å². The molecule has 5 nitrogen and oxygen atoms in total. The predicted molar refractivity (Wildman–Crippen MR) is 74.3 cm³/mol. The Morgan fingerprint density at radius 3 is 2.35 bits per heavy atom. The largest absolute Gasteiger partial charge is 0.396 e. The Labute approximate surface area is 118 Å². The molecule has 7 heteroatoms. The number of benzene rings is 1. The SMILES string of the molecule is Cc1cc(S(=O)(=O)N2CC(C)OC(C)C2)cc(N)c1F. The van der Waals surface area contributed by atoms with Crippen LogP contribution < -0.4 is 5.73 Å². The van der Waals surface area contributed by atoms with Gasteiger partial charge in [-0.05, 0) is 38.5 Å². The van der Waals surface area contributed by atoms with Crippen LogP contribution in [0.15, 0.2) is 17.0 Å². The summed E-state index contributed by atoms with van der Waals surface area (Å²) in [6, 6.07) is 2.48. The summed E-state index contributed by atoms with van der Waals surface area (Å²) in [5.74, 6) is -0.576. The van der Waals surface area contributed by atoms with Crippen LogP contribution >= 0.6 is 0 Å². The summed E-state index contributed by atoms with van der Waals surface area (Å²) in [4.78, 5) is 0.0233. The maximum atomic E-state index is 13.5. The lowest BCUT2D eigenvalue weighted by Crippen LogP contribution is -2.48. The summed E-state index contributed by atoms with van der Waals surface area (Å²) in [5.41, 5.74) is 5.59. The summed E-state index contributed by atoms with van der Waals surface area (Å²) in [6.45, 7) is 5.70. The van der Waals surface area contributed by atoms with E-state index < -0.39 is 15.8 Å². The van der Waals surface area contributed by atoms with E-state index in [1.54, 1.807) is 0 Å². The van der Waals surface area contributed by atoms with Crippen LogP contribution in [0.1, 0.15) is 19.4 Å². The maximum Gasteiger partial charge on any atom is 0.243 e. The molecule has 1 fully saturated rings. The third-order valence-corrected chi connectivity index (χ3v) is 5.09. The number of anilines is 1. The first-order valence-corrected chi connectivity index (χ1v) is 7.87.